The Kier molecular flexibility index (Phi) is 5.16. The normalized spacial score (nSPS) is 14.3. The molecule has 27 heavy (non-hydrogen) atoms. The Morgan fingerprint density at radius 3 is 2.30 bits per heavy atom. The van der Waals surface area contributed by atoms with Gasteiger partial charge in [0.2, 0.25) is 0 Å². The molecule has 3 nitrogen and oxygen atoms in total. The van der Waals surface area contributed by atoms with Crippen molar-refractivity contribution in [3.05, 3.63) is 92.5 Å². The van der Waals surface area contributed by atoms with E-state index in [-0.39, 0.29) is 11.8 Å². The smallest absolute Gasteiger partial charge is 0.268 e. The zero-order valence-electron chi connectivity index (χ0n) is 14.1. The Morgan fingerprint density at radius 1 is 0.889 bits per heavy atom. The molecule has 3 aromatic rings. The van der Waals surface area contributed by atoms with Crippen molar-refractivity contribution in [2.45, 2.75) is 5.75 Å². The maximum atomic E-state index is 13.1. The highest BCUT2D eigenvalue weighted by molar-refractivity contribution is 8.03. The van der Waals surface area contributed by atoms with Crippen molar-refractivity contribution < 1.29 is 9.59 Å². The lowest BCUT2D eigenvalue weighted by Gasteiger charge is -2.15. The number of imide groups is 1. The Morgan fingerprint density at radius 2 is 1.63 bits per heavy atom. The molecule has 1 aliphatic rings. The van der Waals surface area contributed by atoms with Gasteiger partial charge < -0.3 is 0 Å². The molecule has 1 aliphatic heterocycles. The fourth-order valence-corrected chi connectivity index (χ4v) is 4.85. The zero-order chi connectivity index (χ0) is 18.8. The summed E-state index contributed by atoms with van der Waals surface area (Å²) in [6, 6.07) is 20.4. The van der Waals surface area contributed by atoms with E-state index in [0.717, 1.165) is 10.4 Å². The number of hydrogen-bond acceptors (Lipinski definition) is 4. The van der Waals surface area contributed by atoms with Gasteiger partial charge in [-0.05, 0) is 41.3 Å². The van der Waals surface area contributed by atoms with Crippen LogP contribution in [-0.2, 0) is 15.3 Å². The highest BCUT2D eigenvalue weighted by Crippen LogP contribution is 2.40. The second-order valence-electron chi connectivity index (χ2n) is 5.88. The number of carbonyl (C=O) groups excluding carboxylic acids is 2. The number of halogens is 1. The zero-order valence-corrected chi connectivity index (χ0v) is 16.5. The van der Waals surface area contributed by atoms with E-state index in [1.54, 1.807) is 24.3 Å². The molecule has 134 valence electrons. The summed E-state index contributed by atoms with van der Waals surface area (Å²) in [6.45, 7) is 0. The molecular weight excluding hydrogens is 398 g/mol. The summed E-state index contributed by atoms with van der Waals surface area (Å²) in [4.78, 5) is 28.8. The quantitative estimate of drug-likeness (QED) is 0.511. The van der Waals surface area contributed by atoms with Crippen LogP contribution in [0.3, 0.4) is 0 Å². The van der Waals surface area contributed by atoms with Crippen molar-refractivity contribution in [3.63, 3.8) is 0 Å². The Balaban J connectivity index is 1.70. The largest absolute Gasteiger partial charge is 0.272 e. The van der Waals surface area contributed by atoms with Crippen LogP contribution in [0.1, 0.15) is 10.4 Å². The molecule has 4 rings (SSSR count). The van der Waals surface area contributed by atoms with E-state index in [2.05, 4.69) is 0 Å². The highest BCUT2D eigenvalue weighted by Gasteiger charge is 2.40. The van der Waals surface area contributed by atoms with Crippen LogP contribution in [0, 0.1) is 0 Å². The van der Waals surface area contributed by atoms with Gasteiger partial charge in [-0.3, -0.25) is 9.59 Å². The summed E-state index contributed by atoms with van der Waals surface area (Å²) >= 11 is 8.81. The highest BCUT2D eigenvalue weighted by atomic mass is 35.5. The maximum Gasteiger partial charge on any atom is 0.272 e. The Labute approximate surface area is 170 Å². The van der Waals surface area contributed by atoms with Gasteiger partial charge in [-0.2, -0.15) is 0 Å². The van der Waals surface area contributed by atoms with Crippen LogP contribution in [0.5, 0.6) is 0 Å². The van der Waals surface area contributed by atoms with E-state index < -0.39 is 0 Å². The van der Waals surface area contributed by atoms with Crippen LogP contribution >= 0.6 is 34.7 Å². The molecule has 0 radical (unpaired) electrons. The minimum absolute atomic E-state index is 0.286. The molecule has 0 atom stereocenters. The van der Waals surface area contributed by atoms with Crippen molar-refractivity contribution in [2.24, 2.45) is 0 Å². The SMILES string of the molecule is O=C1C(SCc2ccccc2)=C(c2cccs2)C(=O)N1c1ccc(Cl)cc1. The van der Waals surface area contributed by atoms with Gasteiger partial charge in [0.1, 0.15) is 0 Å². The topological polar surface area (TPSA) is 37.4 Å². The van der Waals surface area contributed by atoms with Crippen molar-refractivity contribution in [1.82, 2.24) is 0 Å². The van der Waals surface area contributed by atoms with E-state index in [4.69, 9.17) is 11.6 Å². The van der Waals surface area contributed by atoms with Crippen molar-refractivity contribution in [2.75, 3.05) is 4.90 Å². The lowest BCUT2D eigenvalue weighted by atomic mass is 10.2. The molecule has 0 unspecified atom stereocenters. The predicted octanol–water partition coefficient (Wildman–Crippen LogP) is 5.62. The van der Waals surface area contributed by atoms with E-state index in [1.807, 2.05) is 47.8 Å². The fraction of sp³-hybridized carbons (Fsp3) is 0.0476. The van der Waals surface area contributed by atoms with Crippen molar-refractivity contribution in [1.29, 1.82) is 0 Å². The van der Waals surface area contributed by atoms with Gasteiger partial charge >= 0.3 is 0 Å². The molecular formula is C21H14ClNO2S2. The molecule has 6 heteroatoms. The van der Waals surface area contributed by atoms with Crippen LogP contribution in [0.25, 0.3) is 5.57 Å². The number of thioether (sulfide) groups is 1. The monoisotopic (exact) mass is 411 g/mol. The number of thiophene rings is 1. The summed E-state index contributed by atoms with van der Waals surface area (Å²) in [5, 5.41) is 2.47. The lowest BCUT2D eigenvalue weighted by Crippen LogP contribution is -2.31. The molecule has 0 spiro atoms. The number of anilines is 1. The van der Waals surface area contributed by atoms with E-state index in [1.165, 1.54) is 28.0 Å². The molecule has 2 aromatic carbocycles. The van der Waals surface area contributed by atoms with Crippen LogP contribution in [0.2, 0.25) is 5.02 Å². The minimum Gasteiger partial charge on any atom is -0.268 e. The number of carbonyl (C=O) groups is 2. The maximum absolute atomic E-state index is 13.1. The third-order valence-electron chi connectivity index (χ3n) is 4.12. The van der Waals surface area contributed by atoms with Crippen LogP contribution in [0.4, 0.5) is 5.69 Å². The summed E-state index contributed by atoms with van der Waals surface area (Å²) in [6.07, 6.45) is 0. The number of benzene rings is 2. The fourth-order valence-electron chi connectivity index (χ4n) is 2.84. The van der Waals surface area contributed by atoms with Crippen molar-refractivity contribution in [3.8, 4) is 0 Å². The van der Waals surface area contributed by atoms with Gasteiger partial charge in [-0.15, -0.1) is 23.1 Å². The first kappa shape index (κ1) is 18.0. The average molecular weight is 412 g/mol. The first-order valence-corrected chi connectivity index (χ1v) is 10.5. The van der Waals surface area contributed by atoms with Gasteiger partial charge in [-0.25, -0.2) is 4.90 Å². The molecule has 0 saturated carbocycles. The van der Waals surface area contributed by atoms with Gasteiger partial charge in [-0.1, -0.05) is 48.0 Å². The Hall–Kier alpha value is -2.34. The summed E-state index contributed by atoms with van der Waals surface area (Å²) < 4.78 is 0. The second kappa shape index (κ2) is 7.72. The van der Waals surface area contributed by atoms with Gasteiger partial charge in [0.25, 0.3) is 11.8 Å². The molecule has 0 saturated heterocycles. The van der Waals surface area contributed by atoms with Crippen LogP contribution in [0.15, 0.2) is 77.0 Å². The lowest BCUT2D eigenvalue weighted by molar-refractivity contribution is -0.119. The molecule has 0 N–H and O–H groups in total. The average Bonchev–Trinajstić information content (AvgIpc) is 3.28. The molecule has 1 aromatic heterocycles. The number of amides is 2. The number of rotatable bonds is 5. The minimum atomic E-state index is -0.291. The molecule has 2 heterocycles. The molecule has 2 amide bonds. The first-order valence-electron chi connectivity index (χ1n) is 8.24. The van der Waals surface area contributed by atoms with Crippen molar-refractivity contribution >= 4 is 57.8 Å². The molecule has 0 aliphatic carbocycles. The van der Waals surface area contributed by atoms with Crippen LogP contribution in [-0.4, -0.2) is 11.8 Å². The van der Waals surface area contributed by atoms with Gasteiger partial charge in [0.05, 0.1) is 16.2 Å². The molecule has 0 fully saturated rings. The van der Waals surface area contributed by atoms with Gasteiger partial charge in [0.15, 0.2) is 0 Å². The van der Waals surface area contributed by atoms with E-state index >= 15 is 0 Å². The summed E-state index contributed by atoms with van der Waals surface area (Å²) in [5.41, 5.74) is 2.11. The number of hydrogen-bond donors (Lipinski definition) is 0. The standard InChI is InChI=1S/C21H14ClNO2S2/c22-15-8-10-16(11-9-15)23-20(24)18(17-7-4-12-26-17)19(21(23)25)27-13-14-5-2-1-3-6-14/h1-12H,13H2. The molecule has 0 bridgehead atoms. The third-order valence-corrected chi connectivity index (χ3v) is 6.40. The van der Waals surface area contributed by atoms with Gasteiger partial charge in [0, 0.05) is 15.7 Å². The van der Waals surface area contributed by atoms with Crippen LogP contribution < -0.4 is 4.90 Å². The summed E-state index contributed by atoms with van der Waals surface area (Å²) in [7, 11) is 0. The Bertz CT molecular complexity index is 1010. The third kappa shape index (κ3) is 3.58. The van der Waals surface area contributed by atoms with E-state index in [9.17, 15) is 9.59 Å². The first-order chi connectivity index (χ1) is 13.1. The number of nitrogens with zero attached hydrogens (tertiary/aromatic N) is 1. The van der Waals surface area contributed by atoms with E-state index in [0.29, 0.717) is 26.9 Å². The predicted molar refractivity (Wildman–Crippen MR) is 113 cm³/mol. The summed E-state index contributed by atoms with van der Waals surface area (Å²) in [5.74, 6) is 0.0467. The second-order valence-corrected chi connectivity index (χ2v) is 8.25.